The molecular weight excluding hydrogens is 168 g/mol. The van der Waals surface area contributed by atoms with Crippen LogP contribution in [0.1, 0.15) is 19.8 Å². The summed E-state index contributed by atoms with van der Waals surface area (Å²) >= 11 is 2.08. The van der Waals surface area contributed by atoms with E-state index in [0.29, 0.717) is 5.54 Å². The van der Waals surface area contributed by atoms with Crippen LogP contribution in [0, 0.1) is 0 Å². The Kier molecular flexibility index (Phi) is 2.63. The minimum absolute atomic E-state index is 0.384. The van der Waals surface area contributed by atoms with Crippen LogP contribution in [0.2, 0.25) is 0 Å². The van der Waals surface area contributed by atoms with Crippen molar-refractivity contribution in [3.8, 4) is 0 Å². The molecule has 0 radical (unpaired) electrons. The third-order valence-corrected chi connectivity index (χ3v) is 4.01. The molecule has 0 aliphatic carbocycles. The van der Waals surface area contributed by atoms with Gasteiger partial charge in [0.05, 0.1) is 0 Å². The van der Waals surface area contributed by atoms with Crippen LogP contribution in [0.4, 0.5) is 0 Å². The number of nitrogens with one attached hydrogen (secondary N) is 2. The molecular formula is C9H18N2S. The van der Waals surface area contributed by atoms with Crippen LogP contribution in [0.15, 0.2) is 0 Å². The molecule has 70 valence electrons. The van der Waals surface area contributed by atoms with E-state index in [2.05, 4.69) is 29.3 Å². The molecule has 2 saturated heterocycles. The lowest BCUT2D eigenvalue weighted by Crippen LogP contribution is -2.49. The quantitative estimate of drug-likeness (QED) is 0.668. The fraction of sp³-hybridized carbons (Fsp3) is 1.00. The number of hydrogen-bond acceptors (Lipinski definition) is 3. The zero-order chi connectivity index (χ0) is 8.44. The molecule has 0 bridgehead atoms. The Morgan fingerprint density at radius 3 is 3.08 bits per heavy atom. The molecule has 2 atom stereocenters. The van der Waals surface area contributed by atoms with Crippen LogP contribution < -0.4 is 10.6 Å². The fourth-order valence-corrected chi connectivity index (χ4v) is 3.23. The normalized spacial score (nSPS) is 42.2. The second-order valence-electron chi connectivity index (χ2n) is 4.19. The van der Waals surface area contributed by atoms with Crippen LogP contribution in [-0.2, 0) is 0 Å². The average molecular weight is 186 g/mol. The maximum atomic E-state index is 3.77. The van der Waals surface area contributed by atoms with Crippen molar-refractivity contribution in [2.75, 3.05) is 24.6 Å². The van der Waals surface area contributed by atoms with Gasteiger partial charge in [-0.05, 0) is 32.1 Å². The van der Waals surface area contributed by atoms with Gasteiger partial charge in [0.1, 0.15) is 0 Å². The third-order valence-electron chi connectivity index (χ3n) is 2.85. The highest BCUT2D eigenvalue weighted by Gasteiger charge is 2.31. The molecule has 3 heteroatoms. The molecule has 0 aromatic rings. The van der Waals surface area contributed by atoms with Crippen molar-refractivity contribution in [1.29, 1.82) is 0 Å². The summed E-state index contributed by atoms with van der Waals surface area (Å²) in [6.45, 7) is 4.67. The predicted octanol–water partition coefficient (Wildman–Crippen LogP) is 0.833. The largest absolute Gasteiger partial charge is 0.315 e. The van der Waals surface area contributed by atoms with Gasteiger partial charge in [0.2, 0.25) is 0 Å². The van der Waals surface area contributed by atoms with E-state index >= 15 is 0 Å². The Labute approximate surface area is 78.9 Å². The van der Waals surface area contributed by atoms with Crippen molar-refractivity contribution in [2.24, 2.45) is 0 Å². The number of hydrogen-bond donors (Lipinski definition) is 2. The first kappa shape index (κ1) is 8.85. The van der Waals surface area contributed by atoms with Gasteiger partial charge in [0, 0.05) is 23.9 Å². The zero-order valence-electron chi connectivity index (χ0n) is 7.73. The molecule has 2 aliphatic heterocycles. The molecule has 12 heavy (non-hydrogen) atoms. The molecule has 2 nitrogen and oxygen atoms in total. The molecule has 0 saturated carbocycles. The van der Waals surface area contributed by atoms with Crippen LogP contribution in [0.5, 0.6) is 0 Å². The van der Waals surface area contributed by atoms with Crippen LogP contribution in [0.25, 0.3) is 0 Å². The van der Waals surface area contributed by atoms with Crippen LogP contribution >= 0.6 is 11.8 Å². The third kappa shape index (κ3) is 1.95. The van der Waals surface area contributed by atoms with Gasteiger partial charge in [-0.1, -0.05) is 0 Å². The van der Waals surface area contributed by atoms with E-state index in [4.69, 9.17) is 0 Å². The van der Waals surface area contributed by atoms with Gasteiger partial charge < -0.3 is 10.6 Å². The molecule has 0 spiro atoms. The molecule has 0 amide bonds. The van der Waals surface area contributed by atoms with Crippen molar-refractivity contribution in [2.45, 2.75) is 31.3 Å². The molecule has 0 aromatic heterocycles. The molecule has 2 heterocycles. The Balaban J connectivity index is 1.83. The lowest BCUT2D eigenvalue weighted by Gasteiger charge is -2.28. The van der Waals surface area contributed by atoms with E-state index < -0.39 is 0 Å². The first-order chi connectivity index (χ1) is 5.79. The van der Waals surface area contributed by atoms with Gasteiger partial charge >= 0.3 is 0 Å². The van der Waals surface area contributed by atoms with Gasteiger partial charge in [-0.25, -0.2) is 0 Å². The van der Waals surface area contributed by atoms with Crippen molar-refractivity contribution >= 4 is 11.8 Å². The topological polar surface area (TPSA) is 24.1 Å². The second kappa shape index (κ2) is 3.56. The Hall–Kier alpha value is 0.270. The summed E-state index contributed by atoms with van der Waals surface area (Å²) in [5.41, 5.74) is 0.384. The van der Waals surface area contributed by atoms with E-state index in [1.165, 1.54) is 30.9 Å². The molecule has 0 aromatic carbocycles. The standard InChI is InChI=1S/C9H18N2S/c1-9(3-4-10-7-9)11-8-2-5-12-6-8/h8,10-11H,2-7H2,1H3. The van der Waals surface area contributed by atoms with Gasteiger partial charge in [-0.3, -0.25) is 0 Å². The zero-order valence-corrected chi connectivity index (χ0v) is 8.54. The first-order valence-electron chi connectivity index (χ1n) is 4.85. The minimum Gasteiger partial charge on any atom is -0.315 e. The van der Waals surface area contributed by atoms with Gasteiger partial charge in [0.25, 0.3) is 0 Å². The summed E-state index contributed by atoms with van der Waals surface area (Å²) in [6.07, 6.45) is 2.65. The Morgan fingerprint density at radius 2 is 2.50 bits per heavy atom. The van der Waals surface area contributed by atoms with Gasteiger partial charge in [-0.15, -0.1) is 0 Å². The molecule has 2 fully saturated rings. The van der Waals surface area contributed by atoms with E-state index in [0.717, 1.165) is 12.6 Å². The van der Waals surface area contributed by atoms with Gasteiger partial charge in [-0.2, -0.15) is 11.8 Å². The van der Waals surface area contributed by atoms with Crippen molar-refractivity contribution in [3.05, 3.63) is 0 Å². The van der Waals surface area contributed by atoms with E-state index in [-0.39, 0.29) is 0 Å². The number of thioether (sulfide) groups is 1. The van der Waals surface area contributed by atoms with E-state index in [9.17, 15) is 0 Å². The maximum Gasteiger partial charge on any atom is 0.0292 e. The summed E-state index contributed by atoms with van der Waals surface area (Å²) in [7, 11) is 0. The van der Waals surface area contributed by atoms with Gasteiger partial charge in [0.15, 0.2) is 0 Å². The van der Waals surface area contributed by atoms with Crippen molar-refractivity contribution in [1.82, 2.24) is 10.6 Å². The first-order valence-corrected chi connectivity index (χ1v) is 6.00. The highest BCUT2D eigenvalue weighted by atomic mass is 32.2. The molecule has 2 rings (SSSR count). The van der Waals surface area contributed by atoms with E-state index in [1.54, 1.807) is 0 Å². The number of rotatable bonds is 2. The summed E-state index contributed by atoms with van der Waals surface area (Å²) in [5.74, 6) is 2.66. The molecule has 2 N–H and O–H groups in total. The monoisotopic (exact) mass is 186 g/mol. The minimum atomic E-state index is 0.384. The summed E-state index contributed by atoms with van der Waals surface area (Å²) in [4.78, 5) is 0. The fourth-order valence-electron chi connectivity index (χ4n) is 2.08. The van der Waals surface area contributed by atoms with Crippen LogP contribution in [0.3, 0.4) is 0 Å². The van der Waals surface area contributed by atoms with Crippen molar-refractivity contribution in [3.63, 3.8) is 0 Å². The van der Waals surface area contributed by atoms with E-state index in [1.807, 2.05) is 0 Å². The average Bonchev–Trinajstić information content (AvgIpc) is 2.62. The summed E-state index contributed by atoms with van der Waals surface area (Å²) in [6, 6.07) is 0.778. The summed E-state index contributed by atoms with van der Waals surface area (Å²) < 4.78 is 0. The maximum absolute atomic E-state index is 3.77. The predicted molar refractivity (Wildman–Crippen MR) is 54.8 cm³/mol. The lowest BCUT2D eigenvalue weighted by atomic mass is 10.00. The van der Waals surface area contributed by atoms with Crippen LogP contribution in [-0.4, -0.2) is 36.2 Å². The Morgan fingerprint density at radius 1 is 1.58 bits per heavy atom. The highest BCUT2D eigenvalue weighted by molar-refractivity contribution is 7.99. The molecule has 2 aliphatic rings. The SMILES string of the molecule is CC1(NC2CCSC2)CCNC1. The second-order valence-corrected chi connectivity index (χ2v) is 5.34. The molecule has 2 unspecified atom stereocenters. The van der Waals surface area contributed by atoms with Crippen molar-refractivity contribution < 1.29 is 0 Å². The Bertz CT molecular complexity index is 149. The summed E-state index contributed by atoms with van der Waals surface area (Å²) in [5, 5.41) is 7.19. The lowest BCUT2D eigenvalue weighted by molar-refractivity contribution is 0.346. The highest BCUT2D eigenvalue weighted by Crippen LogP contribution is 2.22. The smallest absolute Gasteiger partial charge is 0.0292 e.